The molecule has 0 radical (unpaired) electrons. The molecule has 8 nitrogen and oxygen atoms in total. The molecule has 2 amide bonds. The van der Waals surface area contributed by atoms with Gasteiger partial charge in [-0.3, -0.25) is 14.5 Å². The third-order valence-corrected chi connectivity index (χ3v) is 4.41. The van der Waals surface area contributed by atoms with E-state index in [4.69, 9.17) is 25.8 Å². The van der Waals surface area contributed by atoms with E-state index in [-0.39, 0.29) is 19.1 Å². The summed E-state index contributed by atoms with van der Waals surface area (Å²) >= 11 is 6.17. The van der Waals surface area contributed by atoms with E-state index in [1.165, 1.54) is 11.1 Å². The lowest BCUT2D eigenvalue weighted by Crippen LogP contribution is -2.44. The van der Waals surface area contributed by atoms with Crippen LogP contribution in [0.2, 0.25) is 5.02 Å². The number of benzene rings is 2. The molecule has 2 heterocycles. The van der Waals surface area contributed by atoms with Crippen LogP contribution in [-0.2, 0) is 9.59 Å². The van der Waals surface area contributed by atoms with Gasteiger partial charge in [-0.05, 0) is 29.8 Å². The van der Waals surface area contributed by atoms with E-state index in [1.807, 2.05) is 0 Å². The van der Waals surface area contributed by atoms with Crippen LogP contribution in [0.15, 0.2) is 41.5 Å². The van der Waals surface area contributed by atoms with Crippen molar-refractivity contribution in [1.82, 2.24) is 5.43 Å². The van der Waals surface area contributed by atoms with Crippen molar-refractivity contribution in [3.05, 3.63) is 47.0 Å². The number of halogens is 1. The second-order valence-electron chi connectivity index (χ2n) is 6.06. The SMILES string of the molecule is O=C(CN1C(=O)COc2ccccc21)N/N=C\c1cc(Cl)c2c(c1)OCCO2. The highest BCUT2D eigenvalue weighted by Crippen LogP contribution is 2.38. The van der Waals surface area contributed by atoms with Gasteiger partial charge in [0, 0.05) is 0 Å². The molecule has 0 saturated heterocycles. The van der Waals surface area contributed by atoms with Crippen molar-refractivity contribution < 1.29 is 23.8 Å². The van der Waals surface area contributed by atoms with E-state index in [0.29, 0.717) is 46.7 Å². The fourth-order valence-corrected chi connectivity index (χ4v) is 3.16. The maximum atomic E-state index is 12.2. The summed E-state index contributed by atoms with van der Waals surface area (Å²) in [5, 5.41) is 4.33. The zero-order valence-electron chi connectivity index (χ0n) is 14.7. The fraction of sp³-hybridized carbons (Fsp3) is 0.211. The molecule has 9 heteroatoms. The number of nitrogens with zero attached hydrogens (tertiary/aromatic N) is 2. The number of carbonyl (C=O) groups excluding carboxylic acids is 2. The Hall–Kier alpha value is -3.26. The van der Waals surface area contributed by atoms with Crippen molar-refractivity contribution >= 4 is 35.3 Å². The fourth-order valence-electron chi connectivity index (χ4n) is 2.89. The number of hydrazone groups is 1. The average Bonchev–Trinajstić information content (AvgIpc) is 2.70. The van der Waals surface area contributed by atoms with Gasteiger partial charge in [0.25, 0.3) is 11.8 Å². The first-order chi connectivity index (χ1) is 13.6. The van der Waals surface area contributed by atoms with Crippen LogP contribution in [-0.4, -0.2) is 44.4 Å². The van der Waals surface area contributed by atoms with Gasteiger partial charge >= 0.3 is 0 Å². The van der Waals surface area contributed by atoms with Crippen molar-refractivity contribution in [3.8, 4) is 17.2 Å². The Kier molecular flexibility index (Phi) is 5.03. The third-order valence-electron chi connectivity index (χ3n) is 4.13. The largest absolute Gasteiger partial charge is 0.486 e. The van der Waals surface area contributed by atoms with Crippen LogP contribution in [0.3, 0.4) is 0 Å². The van der Waals surface area contributed by atoms with Gasteiger partial charge in [-0.2, -0.15) is 5.10 Å². The average molecular weight is 402 g/mol. The molecule has 0 bridgehead atoms. The van der Waals surface area contributed by atoms with Crippen LogP contribution in [0.1, 0.15) is 5.56 Å². The van der Waals surface area contributed by atoms with E-state index in [1.54, 1.807) is 36.4 Å². The first kappa shape index (κ1) is 18.1. The topological polar surface area (TPSA) is 89.5 Å². The molecule has 0 spiro atoms. The molecule has 28 heavy (non-hydrogen) atoms. The highest BCUT2D eigenvalue weighted by atomic mass is 35.5. The molecular formula is C19H16ClN3O5. The first-order valence-electron chi connectivity index (χ1n) is 8.55. The summed E-state index contributed by atoms with van der Waals surface area (Å²) in [7, 11) is 0. The van der Waals surface area contributed by atoms with Crippen molar-refractivity contribution in [1.29, 1.82) is 0 Å². The van der Waals surface area contributed by atoms with Gasteiger partial charge in [-0.1, -0.05) is 23.7 Å². The first-order valence-corrected chi connectivity index (χ1v) is 8.93. The van der Waals surface area contributed by atoms with Crippen LogP contribution < -0.4 is 24.5 Å². The molecule has 0 aromatic heterocycles. The van der Waals surface area contributed by atoms with Gasteiger partial charge in [0.05, 0.1) is 16.9 Å². The Balaban J connectivity index is 1.41. The lowest BCUT2D eigenvalue weighted by atomic mass is 10.2. The maximum Gasteiger partial charge on any atom is 0.265 e. The maximum absolute atomic E-state index is 12.2. The van der Waals surface area contributed by atoms with Crippen LogP contribution >= 0.6 is 11.6 Å². The minimum Gasteiger partial charge on any atom is -0.486 e. The number of nitrogens with one attached hydrogen (secondary N) is 1. The van der Waals surface area contributed by atoms with Crippen molar-refractivity contribution in [2.45, 2.75) is 0 Å². The minimum absolute atomic E-state index is 0.108. The second-order valence-corrected chi connectivity index (χ2v) is 6.46. The number of fused-ring (bicyclic) bond motifs is 2. The number of ether oxygens (including phenoxy) is 3. The molecule has 1 N–H and O–H groups in total. The molecule has 2 aliphatic rings. The van der Waals surface area contributed by atoms with Gasteiger partial charge in [-0.15, -0.1) is 0 Å². The second kappa shape index (κ2) is 7.77. The summed E-state index contributed by atoms with van der Waals surface area (Å²) in [5.41, 5.74) is 3.60. The van der Waals surface area contributed by atoms with E-state index >= 15 is 0 Å². The molecular weight excluding hydrogens is 386 g/mol. The van der Waals surface area contributed by atoms with Gasteiger partial charge in [-0.25, -0.2) is 5.43 Å². The number of hydrogen-bond donors (Lipinski definition) is 1. The van der Waals surface area contributed by atoms with Gasteiger partial charge in [0.2, 0.25) is 0 Å². The Labute approximate surface area is 165 Å². The molecule has 2 aromatic rings. The molecule has 2 aromatic carbocycles. The number of carbonyl (C=O) groups is 2. The summed E-state index contributed by atoms with van der Waals surface area (Å²) < 4.78 is 16.3. The third kappa shape index (κ3) is 3.72. The summed E-state index contributed by atoms with van der Waals surface area (Å²) in [5.74, 6) is 0.853. The molecule has 4 rings (SSSR count). The monoisotopic (exact) mass is 401 g/mol. The smallest absolute Gasteiger partial charge is 0.265 e. The minimum atomic E-state index is -0.440. The van der Waals surface area contributed by atoms with Crippen molar-refractivity contribution in [2.24, 2.45) is 5.10 Å². The predicted molar refractivity (Wildman–Crippen MR) is 102 cm³/mol. The summed E-state index contributed by atoms with van der Waals surface area (Å²) in [6.45, 7) is 0.608. The molecule has 0 aliphatic carbocycles. The molecule has 0 fully saturated rings. The number of anilines is 1. The molecule has 0 saturated carbocycles. The van der Waals surface area contributed by atoms with Gasteiger partial charge < -0.3 is 14.2 Å². The van der Waals surface area contributed by atoms with Crippen LogP contribution in [0, 0.1) is 0 Å². The Bertz CT molecular complexity index is 963. The Morgan fingerprint density at radius 1 is 1.18 bits per heavy atom. The summed E-state index contributed by atoms with van der Waals surface area (Å²) in [6, 6.07) is 10.4. The summed E-state index contributed by atoms with van der Waals surface area (Å²) in [6.07, 6.45) is 1.44. The lowest BCUT2D eigenvalue weighted by Gasteiger charge is -2.28. The quantitative estimate of drug-likeness (QED) is 0.625. The lowest BCUT2D eigenvalue weighted by molar-refractivity contribution is -0.125. The van der Waals surface area contributed by atoms with Crippen molar-refractivity contribution in [3.63, 3.8) is 0 Å². The predicted octanol–water partition coefficient (Wildman–Crippen LogP) is 1.99. The standard InChI is InChI=1S/C19H16ClN3O5/c20-13-7-12(8-16-19(13)27-6-5-26-16)9-21-22-17(24)10-23-14-3-1-2-4-15(14)28-11-18(23)25/h1-4,7-9H,5-6,10-11H2,(H,22,24)/b21-9-. The number of amides is 2. The van der Waals surface area contributed by atoms with E-state index < -0.39 is 5.91 Å². The van der Waals surface area contributed by atoms with Crippen LogP contribution in [0.25, 0.3) is 0 Å². The summed E-state index contributed by atoms with van der Waals surface area (Å²) in [4.78, 5) is 25.7. The molecule has 0 unspecified atom stereocenters. The highest BCUT2D eigenvalue weighted by molar-refractivity contribution is 6.32. The van der Waals surface area contributed by atoms with Gasteiger partial charge in [0.1, 0.15) is 25.5 Å². The zero-order chi connectivity index (χ0) is 19.5. The van der Waals surface area contributed by atoms with E-state index in [9.17, 15) is 9.59 Å². The molecule has 0 atom stereocenters. The molecule has 2 aliphatic heterocycles. The highest BCUT2D eigenvalue weighted by Gasteiger charge is 2.26. The molecule has 144 valence electrons. The van der Waals surface area contributed by atoms with E-state index in [0.717, 1.165) is 0 Å². The number of rotatable bonds is 4. The Morgan fingerprint density at radius 3 is 2.89 bits per heavy atom. The normalized spacial score (nSPS) is 15.2. The number of para-hydroxylation sites is 2. The van der Waals surface area contributed by atoms with Crippen LogP contribution in [0.5, 0.6) is 17.2 Å². The van der Waals surface area contributed by atoms with E-state index in [2.05, 4.69) is 10.5 Å². The van der Waals surface area contributed by atoms with Crippen LogP contribution in [0.4, 0.5) is 5.69 Å². The Morgan fingerprint density at radius 2 is 2.00 bits per heavy atom. The van der Waals surface area contributed by atoms with Crippen molar-refractivity contribution in [2.75, 3.05) is 31.3 Å². The zero-order valence-corrected chi connectivity index (χ0v) is 15.4. The number of hydrogen-bond acceptors (Lipinski definition) is 6. The van der Waals surface area contributed by atoms with Gasteiger partial charge in [0.15, 0.2) is 18.1 Å².